The Labute approximate surface area is 177 Å². The Morgan fingerprint density at radius 2 is 2.00 bits per heavy atom. The van der Waals surface area contributed by atoms with Crippen molar-refractivity contribution in [3.8, 4) is 22.1 Å². The first-order valence-corrected chi connectivity index (χ1v) is 10.8. The highest BCUT2D eigenvalue weighted by molar-refractivity contribution is 7.17. The maximum Gasteiger partial charge on any atom is 0.226 e. The van der Waals surface area contributed by atoms with Gasteiger partial charge in [-0.2, -0.15) is 0 Å². The number of hydrogen-bond acceptors (Lipinski definition) is 7. The van der Waals surface area contributed by atoms with Crippen LogP contribution in [-0.4, -0.2) is 30.4 Å². The number of nitrogens with zero attached hydrogens (tertiary/aromatic N) is 1. The predicted octanol–water partition coefficient (Wildman–Crippen LogP) is 5.19. The first kappa shape index (κ1) is 21.0. The number of aromatic nitrogens is 1. The monoisotopic (exact) mass is 430 g/mol. The summed E-state index contributed by atoms with van der Waals surface area (Å²) in [6.07, 6.45) is 0.868. The molecule has 0 bridgehead atoms. The summed E-state index contributed by atoms with van der Waals surface area (Å²) in [5, 5.41) is 5.38. The van der Waals surface area contributed by atoms with Gasteiger partial charge in [-0.1, -0.05) is 0 Å². The zero-order valence-electron chi connectivity index (χ0n) is 16.5. The lowest BCUT2D eigenvalue weighted by Crippen LogP contribution is -2.12. The molecular weight excluding hydrogens is 408 g/mol. The summed E-state index contributed by atoms with van der Waals surface area (Å²) in [5.41, 5.74) is 1.45. The summed E-state index contributed by atoms with van der Waals surface area (Å²) in [4.78, 5) is 30.4. The molecule has 0 aliphatic rings. The van der Waals surface area contributed by atoms with E-state index in [4.69, 9.17) is 9.47 Å². The van der Waals surface area contributed by atoms with Crippen LogP contribution >= 0.6 is 22.7 Å². The molecule has 3 rings (SSSR count). The van der Waals surface area contributed by atoms with E-state index in [9.17, 15) is 9.59 Å². The highest BCUT2D eigenvalue weighted by Gasteiger charge is 2.11. The quantitative estimate of drug-likeness (QED) is 0.373. The minimum Gasteiger partial charge on any atom is -0.493 e. The number of anilines is 1. The maximum atomic E-state index is 12.2. The lowest BCUT2D eigenvalue weighted by Gasteiger charge is -2.11. The van der Waals surface area contributed by atoms with Crippen LogP contribution in [0.4, 0.5) is 5.13 Å². The number of carbonyl (C=O) groups excluding carboxylic acids is 2. The smallest absolute Gasteiger partial charge is 0.226 e. The van der Waals surface area contributed by atoms with Crippen molar-refractivity contribution >= 4 is 39.5 Å². The van der Waals surface area contributed by atoms with Crippen molar-refractivity contribution in [2.75, 3.05) is 19.0 Å². The summed E-state index contributed by atoms with van der Waals surface area (Å²) in [7, 11) is 1.53. The van der Waals surface area contributed by atoms with Crippen LogP contribution in [0.3, 0.4) is 0 Å². The van der Waals surface area contributed by atoms with Gasteiger partial charge in [0.1, 0.15) is 0 Å². The normalized spacial score (nSPS) is 10.6. The number of ether oxygens (including phenoxy) is 2. The van der Waals surface area contributed by atoms with Crippen molar-refractivity contribution in [1.29, 1.82) is 0 Å². The van der Waals surface area contributed by atoms with Gasteiger partial charge in [0.2, 0.25) is 5.91 Å². The number of methoxy groups -OCH3 is 1. The van der Waals surface area contributed by atoms with E-state index in [0.717, 1.165) is 10.6 Å². The summed E-state index contributed by atoms with van der Waals surface area (Å²) in [6.45, 7) is 3.92. The maximum absolute atomic E-state index is 12.2. The summed E-state index contributed by atoms with van der Waals surface area (Å²) < 4.78 is 11.0. The van der Waals surface area contributed by atoms with E-state index < -0.39 is 0 Å². The molecule has 1 amide bonds. The van der Waals surface area contributed by atoms with Gasteiger partial charge in [-0.15, -0.1) is 22.7 Å². The summed E-state index contributed by atoms with van der Waals surface area (Å²) in [5.74, 6) is 0.914. The molecule has 2 aromatic heterocycles. The van der Waals surface area contributed by atoms with Crippen molar-refractivity contribution in [3.63, 3.8) is 0 Å². The molecule has 2 heterocycles. The molecular formula is C21H22N2O4S2. The van der Waals surface area contributed by atoms with E-state index in [1.165, 1.54) is 30.2 Å². The number of aryl methyl sites for hydroxylation is 1. The van der Waals surface area contributed by atoms with Crippen LogP contribution < -0.4 is 14.8 Å². The fourth-order valence-corrected chi connectivity index (χ4v) is 4.25. The van der Waals surface area contributed by atoms with E-state index in [-0.39, 0.29) is 11.7 Å². The number of rotatable bonds is 9. The lowest BCUT2D eigenvalue weighted by atomic mass is 10.1. The average molecular weight is 431 g/mol. The minimum atomic E-state index is -0.101. The van der Waals surface area contributed by atoms with Crippen molar-refractivity contribution < 1.29 is 19.1 Å². The molecule has 3 aromatic rings. The Balaban J connectivity index is 1.46. The second kappa shape index (κ2) is 9.67. The first-order valence-electron chi connectivity index (χ1n) is 9.10. The molecule has 0 fully saturated rings. The third-order valence-electron chi connectivity index (χ3n) is 4.12. The molecule has 0 atom stereocenters. The Hall–Kier alpha value is -2.71. The van der Waals surface area contributed by atoms with E-state index in [2.05, 4.69) is 23.3 Å². The lowest BCUT2D eigenvalue weighted by molar-refractivity contribution is -0.116. The molecule has 0 radical (unpaired) electrons. The van der Waals surface area contributed by atoms with Crippen LogP contribution in [-0.2, 0) is 4.79 Å². The molecule has 6 nitrogen and oxygen atoms in total. The van der Waals surface area contributed by atoms with Crippen molar-refractivity contribution in [1.82, 2.24) is 4.98 Å². The molecule has 1 aromatic carbocycles. The van der Waals surface area contributed by atoms with Crippen molar-refractivity contribution in [3.05, 3.63) is 46.2 Å². The number of thiazole rings is 1. The Bertz CT molecular complexity index is 1010. The van der Waals surface area contributed by atoms with Gasteiger partial charge in [0.05, 0.1) is 24.3 Å². The highest BCUT2D eigenvalue weighted by Crippen LogP contribution is 2.31. The molecule has 8 heteroatoms. The van der Waals surface area contributed by atoms with E-state index >= 15 is 0 Å². The topological polar surface area (TPSA) is 77.5 Å². The van der Waals surface area contributed by atoms with Crippen LogP contribution in [0, 0.1) is 6.92 Å². The molecule has 0 aliphatic carbocycles. The largest absolute Gasteiger partial charge is 0.493 e. The molecule has 0 saturated carbocycles. The summed E-state index contributed by atoms with van der Waals surface area (Å²) >= 11 is 3.09. The number of hydrogen-bond donors (Lipinski definition) is 1. The Morgan fingerprint density at radius 3 is 2.69 bits per heavy atom. The SMILES string of the molecule is COc1cc(C(C)=O)ccc1OCCCC(=O)Nc1nc(-c2ccc(C)s2)cs1. The van der Waals surface area contributed by atoms with Gasteiger partial charge in [-0.05, 0) is 50.6 Å². The number of amides is 1. The van der Waals surface area contributed by atoms with Gasteiger partial charge in [0, 0.05) is 22.2 Å². The van der Waals surface area contributed by atoms with Gasteiger partial charge in [-0.3, -0.25) is 9.59 Å². The second-order valence-corrected chi connectivity index (χ2v) is 8.52. The number of thiophene rings is 1. The number of Topliss-reactive ketones (excluding diaryl/α,β-unsaturated/α-hetero) is 1. The molecule has 29 heavy (non-hydrogen) atoms. The van der Waals surface area contributed by atoms with Crippen LogP contribution in [0.15, 0.2) is 35.7 Å². The Morgan fingerprint density at radius 1 is 1.17 bits per heavy atom. The standard InChI is InChI=1S/C21H22N2O4S2/c1-13-6-9-19(29-13)16-12-28-21(22-16)23-20(25)5-4-10-27-17-8-7-15(14(2)24)11-18(17)26-3/h6-9,11-12H,4-5,10H2,1-3H3,(H,22,23,25). The van der Waals surface area contributed by atoms with Gasteiger partial charge in [0.25, 0.3) is 0 Å². The molecule has 1 N–H and O–H groups in total. The van der Waals surface area contributed by atoms with Crippen LogP contribution in [0.1, 0.15) is 35.0 Å². The van der Waals surface area contributed by atoms with Gasteiger partial charge < -0.3 is 14.8 Å². The molecule has 152 valence electrons. The molecule has 0 aliphatic heterocycles. The van der Waals surface area contributed by atoms with Crippen LogP contribution in [0.5, 0.6) is 11.5 Å². The number of benzene rings is 1. The number of nitrogens with one attached hydrogen (secondary N) is 1. The third kappa shape index (κ3) is 5.65. The second-order valence-electron chi connectivity index (χ2n) is 6.37. The van der Waals surface area contributed by atoms with E-state index in [1.54, 1.807) is 29.5 Å². The highest BCUT2D eigenvalue weighted by atomic mass is 32.1. The molecule has 0 unspecified atom stereocenters. The number of ketones is 1. The van der Waals surface area contributed by atoms with Gasteiger partial charge in [0.15, 0.2) is 22.4 Å². The summed E-state index contributed by atoms with van der Waals surface area (Å²) in [6, 6.07) is 9.15. The Kier molecular flexibility index (Phi) is 7.00. The molecule has 0 saturated heterocycles. The zero-order chi connectivity index (χ0) is 20.8. The first-order chi connectivity index (χ1) is 14.0. The average Bonchev–Trinajstić information content (AvgIpc) is 3.34. The van der Waals surface area contributed by atoms with Crippen LogP contribution in [0.2, 0.25) is 0 Å². The molecule has 0 spiro atoms. The number of carbonyl (C=O) groups is 2. The van der Waals surface area contributed by atoms with Crippen molar-refractivity contribution in [2.45, 2.75) is 26.7 Å². The predicted molar refractivity (Wildman–Crippen MR) is 117 cm³/mol. The zero-order valence-corrected chi connectivity index (χ0v) is 18.1. The third-order valence-corrected chi connectivity index (χ3v) is 5.90. The minimum absolute atomic E-state index is 0.0360. The fraction of sp³-hybridized carbons (Fsp3) is 0.286. The van der Waals surface area contributed by atoms with Gasteiger partial charge >= 0.3 is 0 Å². The fourth-order valence-electron chi connectivity index (χ4n) is 2.62. The van der Waals surface area contributed by atoms with Crippen molar-refractivity contribution in [2.24, 2.45) is 0 Å². The van der Waals surface area contributed by atoms with E-state index in [0.29, 0.717) is 41.6 Å². The van der Waals surface area contributed by atoms with Gasteiger partial charge in [-0.25, -0.2) is 4.98 Å². The van der Waals surface area contributed by atoms with Crippen LogP contribution in [0.25, 0.3) is 10.6 Å². The van der Waals surface area contributed by atoms with E-state index in [1.807, 2.05) is 11.4 Å².